The summed E-state index contributed by atoms with van der Waals surface area (Å²) in [5.41, 5.74) is 1.91. The molecule has 0 spiro atoms. The highest BCUT2D eigenvalue weighted by atomic mass is 16.6. The summed E-state index contributed by atoms with van der Waals surface area (Å²) in [4.78, 5) is 66.9. The molecule has 58 heavy (non-hydrogen) atoms. The Balaban J connectivity index is 1.04. The number of aryl methyl sites for hydroxylation is 1. The van der Waals surface area contributed by atoms with Gasteiger partial charge in [-0.1, -0.05) is 92.1 Å². The van der Waals surface area contributed by atoms with Gasteiger partial charge in [-0.05, 0) is 129 Å². The summed E-state index contributed by atoms with van der Waals surface area (Å²) in [5, 5.41) is 3.59. The number of carbonyl (C=O) groups excluding carboxylic acids is 5. The molecule has 8 rings (SSSR count). The lowest BCUT2D eigenvalue weighted by atomic mass is 9.33. The van der Waals surface area contributed by atoms with E-state index in [9.17, 15) is 24.0 Å². The van der Waals surface area contributed by atoms with E-state index in [1.54, 1.807) is 0 Å². The number of rotatable bonds is 10. The number of ether oxygens (including phenoxy) is 2. The standard InChI is InChI=1S/C50H69NO7/c1-29(2)40-35(54)27-50(51-43(56)49(22-23-49)26-34(53)31-13-11-30(3)12-14-31)24-21-47(9)32(41(40)50)15-16-37-46(8)19-18-38(45(6,7)36(46)17-20-48(37,47)10)58-42(55)33-25-39(57-28-52)44(33,4)5/h11-14,28-29,32-33,36-39H,15-27H2,1-10H3,(H,51,56)/t32-,33-,36+,37-,38+,39-,46+,47-,48-,50-/m1/s1. The Morgan fingerprint density at radius 1 is 0.810 bits per heavy atom. The van der Waals surface area contributed by atoms with Gasteiger partial charge in [0.15, 0.2) is 11.6 Å². The van der Waals surface area contributed by atoms with Gasteiger partial charge >= 0.3 is 5.97 Å². The van der Waals surface area contributed by atoms with E-state index in [2.05, 4.69) is 53.8 Å². The Bertz CT molecular complexity index is 1940. The minimum Gasteiger partial charge on any atom is -0.464 e. The summed E-state index contributed by atoms with van der Waals surface area (Å²) in [7, 11) is 0. The molecule has 7 aliphatic rings. The van der Waals surface area contributed by atoms with Gasteiger partial charge < -0.3 is 14.8 Å². The lowest BCUT2D eigenvalue weighted by molar-refractivity contribution is -0.236. The fraction of sp³-hybridized carbons (Fsp3) is 0.740. The molecule has 0 unspecified atom stereocenters. The molecule has 6 fully saturated rings. The topological polar surface area (TPSA) is 116 Å². The highest BCUT2D eigenvalue weighted by molar-refractivity contribution is 6.04. The Labute approximate surface area is 346 Å². The molecule has 1 amide bonds. The van der Waals surface area contributed by atoms with E-state index >= 15 is 0 Å². The Kier molecular flexibility index (Phi) is 9.73. The maximum atomic E-state index is 14.5. The molecule has 316 valence electrons. The van der Waals surface area contributed by atoms with Crippen LogP contribution in [0.4, 0.5) is 0 Å². The number of esters is 1. The molecule has 0 aliphatic heterocycles. The summed E-state index contributed by atoms with van der Waals surface area (Å²) >= 11 is 0. The van der Waals surface area contributed by atoms with Gasteiger partial charge in [0.05, 0.1) is 16.9 Å². The van der Waals surface area contributed by atoms with Crippen molar-refractivity contribution in [3.63, 3.8) is 0 Å². The van der Waals surface area contributed by atoms with Crippen LogP contribution in [0.15, 0.2) is 35.4 Å². The van der Waals surface area contributed by atoms with Crippen LogP contribution in [-0.2, 0) is 28.7 Å². The first kappa shape index (κ1) is 41.4. The van der Waals surface area contributed by atoms with Crippen LogP contribution >= 0.6 is 0 Å². The third-order valence-electron chi connectivity index (χ3n) is 18.9. The first-order chi connectivity index (χ1) is 27.1. The molecule has 1 N–H and O–H groups in total. The number of allylic oxidation sites excluding steroid dienone is 1. The molecule has 6 saturated carbocycles. The van der Waals surface area contributed by atoms with Crippen LogP contribution in [0.5, 0.6) is 0 Å². The van der Waals surface area contributed by atoms with Crippen molar-refractivity contribution in [3.8, 4) is 0 Å². The molecule has 0 bridgehead atoms. The molecular weight excluding hydrogens is 727 g/mol. The van der Waals surface area contributed by atoms with E-state index in [1.165, 1.54) is 5.57 Å². The van der Waals surface area contributed by atoms with Crippen molar-refractivity contribution in [2.45, 2.75) is 170 Å². The predicted molar refractivity (Wildman–Crippen MR) is 222 cm³/mol. The van der Waals surface area contributed by atoms with E-state index in [-0.39, 0.29) is 81.5 Å². The third-order valence-corrected chi connectivity index (χ3v) is 18.9. The van der Waals surface area contributed by atoms with Crippen molar-refractivity contribution in [2.75, 3.05) is 0 Å². The second-order valence-corrected chi connectivity index (χ2v) is 22.6. The molecule has 0 aromatic heterocycles. The van der Waals surface area contributed by atoms with Crippen molar-refractivity contribution in [3.05, 3.63) is 46.5 Å². The zero-order chi connectivity index (χ0) is 42.0. The molecule has 8 heteroatoms. The Morgan fingerprint density at radius 3 is 2.12 bits per heavy atom. The normalized spacial score (nSPS) is 40.2. The highest BCUT2D eigenvalue weighted by Crippen LogP contribution is 2.76. The van der Waals surface area contributed by atoms with Gasteiger partial charge in [0, 0.05) is 29.2 Å². The number of carbonyl (C=O) groups is 5. The average molecular weight is 796 g/mol. The molecule has 0 saturated heterocycles. The monoisotopic (exact) mass is 796 g/mol. The SMILES string of the molecule is Cc1ccc(C(=O)CC2(C(=O)N[C@@]34CC[C@]5(C)[C@H](CC[C@@H]6[C@@]7(C)CC[C@H](OC(=O)[C@H]8C[C@@H](OC=O)C8(C)C)C(C)(C)[C@@H]7CC[C@]65C)C3=C(C(C)C)C(=O)C4)CC2)cc1. The Hall–Kier alpha value is -3.29. The predicted octanol–water partition coefficient (Wildman–Crippen LogP) is 9.70. The minimum atomic E-state index is -0.704. The van der Waals surface area contributed by atoms with Crippen LogP contribution in [-0.4, -0.2) is 47.7 Å². The number of ketones is 2. The zero-order valence-corrected chi connectivity index (χ0v) is 37.0. The number of Topliss-reactive ketones (excluding diaryl/α,β-unsaturated/α-hetero) is 2. The highest BCUT2D eigenvalue weighted by Gasteiger charge is 2.71. The smallest absolute Gasteiger partial charge is 0.310 e. The van der Waals surface area contributed by atoms with Crippen molar-refractivity contribution < 1.29 is 33.4 Å². The first-order valence-corrected chi connectivity index (χ1v) is 22.6. The number of benzene rings is 1. The van der Waals surface area contributed by atoms with Gasteiger partial charge in [-0.15, -0.1) is 0 Å². The van der Waals surface area contributed by atoms with Gasteiger partial charge in [0.1, 0.15) is 12.2 Å². The average Bonchev–Trinajstić information content (AvgIpc) is 3.87. The fourth-order valence-corrected chi connectivity index (χ4v) is 14.9. The molecule has 8 nitrogen and oxygen atoms in total. The third kappa shape index (κ3) is 5.89. The van der Waals surface area contributed by atoms with E-state index in [1.807, 2.05) is 45.0 Å². The van der Waals surface area contributed by atoms with E-state index < -0.39 is 16.4 Å². The van der Waals surface area contributed by atoms with Gasteiger partial charge in [-0.3, -0.25) is 24.0 Å². The summed E-state index contributed by atoms with van der Waals surface area (Å²) in [6.07, 6.45) is 9.74. The molecule has 7 aliphatic carbocycles. The molecular formula is C50H69NO7. The summed E-state index contributed by atoms with van der Waals surface area (Å²) in [6, 6.07) is 7.63. The maximum absolute atomic E-state index is 14.5. The van der Waals surface area contributed by atoms with Crippen molar-refractivity contribution >= 4 is 29.9 Å². The maximum Gasteiger partial charge on any atom is 0.310 e. The van der Waals surface area contributed by atoms with Crippen LogP contribution in [0.3, 0.4) is 0 Å². The first-order valence-electron chi connectivity index (χ1n) is 22.6. The molecule has 0 radical (unpaired) electrons. The molecule has 1 aromatic rings. The molecule has 0 heterocycles. The number of nitrogens with one attached hydrogen (secondary N) is 1. The van der Waals surface area contributed by atoms with Gasteiger partial charge in [0.2, 0.25) is 5.91 Å². The molecule has 1 aromatic carbocycles. The van der Waals surface area contributed by atoms with Gasteiger partial charge in [-0.25, -0.2) is 0 Å². The number of fused-ring (bicyclic) bond motifs is 7. The second kappa shape index (κ2) is 13.6. The van der Waals surface area contributed by atoms with E-state index in [4.69, 9.17) is 9.47 Å². The number of hydrogen-bond acceptors (Lipinski definition) is 7. The summed E-state index contributed by atoms with van der Waals surface area (Å²) in [6.45, 7) is 23.0. The largest absolute Gasteiger partial charge is 0.464 e. The van der Waals surface area contributed by atoms with Gasteiger partial charge in [-0.2, -0.15) is 0 Å². The van der Waals surface area contributed by atoms with E-state index in [0.717, 1.165) is 62.5 Å². The summed E-state index contributed by atoms with van der Waals surface area (Å²) < 4.78 is 11.7. The van der Waals surface area contributed by atoms with Crippen LogP contribution in [0, 0.1) is 69.0 Å². The van der Waals surface area contributed by atoms with Crippen LogP contribution in [0.1, 0.15) is 162 Å². The van der Waals surface area contributed by atoms with Gasteiger partial charge in [0.25, 0.3) is 6.47 Å². The van der Waals surface area contributed by atoms with Crippen molar-refractivity contribution in [1.29, 1.82) is 0 Å². The summed E-state index contributed by atoms with van der Waals surface area (Å²) in [5.74, 6) is 0.838. The Morgan fingerprint density at radius 2 is 1.50 bits per heavy atom. The van der Waals surface area contributed by atoms with Crippen LogP contribution < -0.4 is 5.32 Å². The fourth-order valence-electron chi connectivity index (χ4n) is 14.9. The van der Waals surface area contributed by atoms with Crippen molar-refractivity contribution in [1.82, 2.24) is 5.32 Å². The number of amides is 1. The van der Waals surface area contributed by atoms with E-state index in [0.29, 0.717) is 49.6 Å². The number of hydrogen-bond donors (Lipinski definition) is 1. The quantitative estimate of drug-likeness (QED) is 0.142. The van der Waals surface area contributed by atoms with Crippen LogP contribution in [0.25, 0.3) is 0 Å². The minimum absolute atomic E-state index is 0.00913. The lowest BCUT2D eigenvalue weighted by Crippen LogP contribution is -2.67. The lowest BCUT2D eigenvalue weighted by Gasteiger charge is -2.72. The van der Waals surface area contributed by atoms with Crippen molar-refractivity contribution in [2.24, 2.45) is 62.1 Å². The van der Waals surface area contributed by atoms with Crippen LogP contribution in [0.2, 0.25) is 0 Å². The second-order valence-electron chi connectivity index (χ2n) is 22.6. The molecule has 10 atom stereocenters. The zero-order valence-electron chi connectivity index (χ0n) is 37.0.